The summed E-state index contributed by atoms with van der Waals surface area (Å²) in [6, 6.07) is 3.93. The van der Waals surface area contributed by atoms with E-state index in [1.54, 1.807) is 18.6 Å². The number of hydrogen-bond donors (Lipinski definition) is 3. The van der Waals surface area contributed by atoms with Gasteiger partial charge in [0.2, 0.25) is 5.91 Å². The molecule has 4 aromatic heterocycles. The molecule has 0 saturated carbocycles. The standard InChI is InChI=1S/C25H28N8O/c1-14(2)25(34)28-18-8-16(10-26-12-18)17-9-19-22(31-32-23(19)27-11-17)24-29-20-7-5-6-15(13-33(3)4)21(20)30-24/h6,8-12,14H,5,7,13H2,1-4H3,(H,28,34)(H,29,30)(H,27,31,32). The number of fused-ring (bicyclic) bond motifs is 2. The van der Waals surface area contributed by atoms with E-state index in [0.717, 1.165) is 58.8 Å². The number of amides is 1. The first-order valence-corrected chi connectivity index (χ1v) is 11.4. The number of allylic oxidation sites excluding steroid dienone is 1. The maximum atomic E-state index is 12.1. The summed E-state index contributed by atoms with van der Waals surface area (Å²) in [5.74, 6) is 0.602. The fourth-order valence-electron chi connectivity index (χ4n) is 4.13. The lowest BCUT2D eigenvalue weighted by atomic mass is 10.0. The Kier molecular flexibility index (Phi) is 5.70. The summed E-state index contributed by atoms with van der Waals surface area (Å²) in [4.78, 5) is 31.5. The topological polar surface area (TPSA) is 115 Å². The van der Waals surface area contributed by atoms with Crippen molar-refractivity contribution in [1.29, 1.82) is 0 Å². The van der Waals surface area contributed by atoms with Crippen LogP contribution in [0.2, 0.25) is 0 Å². The molecule has 0 saturated heterocycles. The number of aromatic amines is 2. The first-order valence-electron chi connectivity index (χ1n) is 11.4. The predicted molar refractivity (Wildman–Crippen MR) is 133 cm³/mol. The van der Waals surface area contributed by atoms with E-state index in [1.165, 1.54) is 5.57 Å². The first-order chi connectivity index (χ1) is 16.4. The number of nitrogens with one attached hydrogen (secondary N) is 3. The van der Waals surface area contributed by atoms with Crippen LogP contribution in [0.1, 0.15) is 31.7 Å². The van der Waals surface area contributed by atoms with E-state index in [2.05, 4.69) is 55.5 Å². The van der Waals surface area contributed by atoms with Crippen molar-refractivity contribution in [2.45, 2.75) is 26.7 Å². The van der Waals surface area contributed by atoms with E-state index in [-0.39, 0.29) is 11.8 Å². The molecule has 4 aromatic rings. The van der Waals surface area contributed by atoms with Gasteiger partial charge in [-0.2, -0.15) is 5.10 Å². The monoisotopic (exact) mass is 456 g/mol. The fraction of sp³-hybridized carbons (Fsp3) is 0.320. The molecule has 0 unspecified atom stereocenters. The van der Waals surface area contributed by atoms with Crippen LogP contribution in [-0.4, -0.2) is 61.6 Å². The number of carbonyl (C=O) groups is 1. The van der Waals surface area contributed by atoms with E-state index in [0.29, 0.717) is 11.3 Å². The van der Waals surface area contributed by atoms with Gasteiger partial charge in [-0.25, -0.2) is 9.97 Å². The molecule has 4 heterocycles. The number of anilines is 1. The minimum Gasteiger partial charge on any atom is -0.340 e. The van der Waals surface area contributed by atoms with Crippen LogP contribution in [-0.2, 0) is 11.2 Å². The summed E-state index contributed by atoms with van der Waals surface area (Å²) in [5.41, 5.74) is 7.24. The van der Waals surface area contributed by atoms with E-state index in [1.807, 2.05) is 26.0 Å². The summed E-state index contributed by atoms with van der Waals surface area (Å²) in [5, 5.41) is 11.3. The molecular weight excluding hydrogens is 428 g/mol. The highest BCUT2D eigenvalue weighted by atomic mass is 16.1. The van der Waals surface area contributed by atoms with Gasteiger partial charge in [-0.1, -0.05) is 19.9 Å². The number of aryl methyl sites for hydroxylation is 1. The Labute approximate surface area is 197 Å². The van der Waals surface area contributed by atoms with Gasteiger partial charge in [0.1, 0.15) is 5.69 Å². The van der Waals surface area contributed by atoms with Crippen molar-refractivity contribution in [2.75, 3.05) is 26.0 Å². The van der Waals surface area contributed by atoms with Gasteiger partial charge in [0.25, 0.3) is 0 Å². The number of rotatable bonds is 6. The molecule has 34 heavy (non-hydrogen) atoms. The average molecular weight is 457 g/mol. The number of hydrogen-bond acceptors (Lipinski definition) is 6. The lowest BCUT2D eigenvalue weighted by Gasteiger charge is -2.16. The van der Waals surface area contributed by atoms with Gasteiger partial charge >= 0.3 is 0 Å². The minimum atomic E-state index is -0.109. The van der Waals surface area contributed by atoms with E-state index < -0.39 is 0 Å². The van der Waals surface area contributed by atoms with Crippen molar-refractivity contribution in [1.82, 2.24) is 35.0 Å². The highest BCUT2D eigenvalue weighted by Crippen LogP contribution is 2.32. The van der Waals surface area contributed by atoms with E-state index >= 15 is 0 Å². The Morgan fingerprint density at radius 1 is 1.18 bits per heavy atom. The molecule has 1 aliphatic rings. The van der Waals surface area contributed by atoms with Gasteiger partial charge in [0, 0.05) is 41.7 Å². The van der Waals surface area contributed by atoms with Crippen LogP contribution >= 0.6 is 0 Å². The normalized spacial score (nSPS) is 13.4. The Morgan fingerprint density at radius 2 is 2.00 bits per heavy atom. The molecule has 3 N–H and O–H groups in total. The van der Waals surface area contributed by atoms with E-state index in [4.69, 9.17) is 4.98 Å². The highest BCUT2D eigenvalue weighted by Gasteiger charge is 2.21. The van der Waals surface area contributed by atoms with Crippen LogP contribution in [0.4, 0.5) is 5.69 Å². The second-order valence-corrected chi connectivity index (χ2v) is 9.22. The van der Waals surface area contributed by atoms with Crippen LogP contribution < -0.4 is 5.32 Å². The van der Waals surface area contributed by atoms with Crippen molar-refractivity contribution in [3.63, 3.8) is 0 Å². The molecular formula is C25H28N8O. The molecule has 0 spiro atoms. The van der Waals surface area contributed by atoms with Crippen LogP contribution in [0.15, 0.2) is 36.8 Å². The molecule has 1 amide bonds. The Morgan fingerprint density at radius 3 is 2.79 bits per heavy atom. The summed E-state index contributed by atoms with van der Waals surface area (Å²) < 4.78 is 0. The second-order valence-electron chi connectivity index (χ2n) is 9.22. The molecule has 9 heteroatoms. The summed E-state index contributed by atoms with van der Waals surface area (Å²) in [6.45, 7) is 4.57. The maximum absolute atomic E-state index is 12.1. The van der Waals surface area contributed by atoms with Crippen LogP contribution in [0.25, 0.3) is 39.3 Å². The SMILES string of the molecule is CC(C)C(=O)Nc1cncc(-c2cnc3n[nH]c(-c4nc5c([nH]4)CCC=C5CN(C)C)c3c2)c1. The molecule has 174 valence electrons. The number of pyridine rings is 2. The zero-order chi connectivity index (χ0) is 23.8. The van der Waals surface area contributed by atoms with Gasteiger partial charge in [0.15, 0.2) is 11.5 Å². The number of likely N-dealkylation sites (N-methyl/N-ethyl adjacent to an activating group) is 1. The van der Waals surface area contributed by atoms with Gasteiger partial charge in [0.05, 0.1) is 23.0 Å². The van der Waals surface area contributed by atoms with Gasteiger partial charge < -0.3 is 15.2 Å². The molecule has 0 fully saturated rings. The summed E-state index contributed by atoms with van der Waals surface area (Å²) in [7, 11) is 4.13. The number of aromatic nitrogens is 6. The smallest absolute Gasteiger partial charge is 0.226 e. The van der Waals surface area contributed by atoms with Gasteiger partial charge in [-0.3, -0.25) is 14.9 Å². The molecule has 9 nitrogen and oxygen atoms in total. The minimum absolute atomic E-state index is 0.0471. The number of H-pyrrole nitrogens is 2. The van der Waals surface area contributed by atoms with Crippen LogP contribution in [0, 0.1) is 5.92 Å². The van der Waals surface area contributed by atoms with Crippen molar-refractivity contribution in [3.8, 4) is 22.6 Å². The Bertz CT molecular complexity index is 1400. The summed E-state index contributed by atoms with van der Waals surface area (Å²) in [6.07, 6.45) is 9.39. The predicted octanol–water partition coefficient (Wildman–Crippen LogP) is 3.90. The largest absolute Gasteiger partial charge is 0.340 e. The number of carbonyl (C=O) groups excluding carboxylic acids is 1. The van der Waals surface area contributed by atoms with Gasteiger partial charge in [-0.15, -0.1) is 0 Å². The molecule has 0 aliphatic heterocycles. The zero-order valence-corrected chi connectivity index (χ0v) is 19.8. The quantitative estimate of drug-likeness (QED) is 0.405. The van der Waals surface area contributed by atoms with Crippen molar-refractivity contribution in [2.24, 2.45) is 5.92 Å². The fourth-order valence-corrected chi connectivity index (χ4v) is 4.13. The van der Waals surface area contributed by atoms with Crippen LogP contribution in [0.3, 0.4) is 0 Å². The van der Waals surface area contributed by atoms with Crippen LogP contribution in [0.5, 0.6) is 0 Å². The molecule has 5 rings (SSSR count). The number of nitrogens with zero attached hydrogens (tertiary/aromatic N) is 5. The third kappa shape index (κ3) is 4.22. The highest BCUT2D eigenvalue weighted by molar-refractivity contribution is 5.94. The van der Waals surface area contributed by atoms with Crippen molar-refractivity contribution in [3.05, 3.63) is 48.2 Å². The molecule has 0 aromatic carbocycles. The maximum Gasteiger partial charge on any atom is 0.226 e. The molecule has 0 radical (unpaired) electrons. The Balaban J connectivity index is 1.50. The van der Waals surface area contributed by atoms with E-state index in [9.17, 15) is 4.79 Å². The third-order valence-corrected chi connectivity index (χ3v) is 5.86. The second kappa shape index (κ2) is 8.83. The van der Waals surface area contributed by atoms with Gasteiger partial charge in [-0.05, 0) is 44.6 Å². The lowest BCUT2D eigenvalue weighted by molar-refractivity contribution is -0.118. The van der Waals surface area contributed by atoms with Crippen molar-refractivity contribution >= 4 is 28.2 Å². The van der Waals surface area contributed by atoms with Crippen molar-refractivity contribution < 1.29 is 4.79 Å². The molecule has 1 aliphatic carbocycles. The molecule has 0 atom stereocenters. The zero-order valence-electron chi connectivity index (χ0n) is 19.8. The Hall–Kier alpha value is -3.85. The average Bonchev–Trinajstić information content (AvgIpc) is 3.43. The number of imidazole rings is 1. The lowest BCUT2D eigenvalue weighted by Crippen LogP contribution is -2.17. The summed E-state index contributed by atoms with van der Waals surface area (Å²) >= 11 is 0. The first kappa shape index (κ1) is 22.0. The third-order valence-electron chi connectivity index (χ3n) is 5.86. The molecule has 0 bridgehead atoms.